The van der Waals surface area contributed by atoms with Crippen molar-refractivity contribution in [1.82, 2.24) is 20.5 Å². The van der Waals surface area contributed by atoms with Crippen LogP contribution < -0.4 is 11.1 Å². The molecule has 1 aromatic rings. The van der Waals surface area contributed by atoms with Gasteiger partial charge in [0.2, 0.25) is 5.91 Å². The van der Waals surface area contributed by atoms with Gasteiger partial charge in [-0.25, -0.2) is 4.98 Å². The molecule has 7 heteroatoms. The molecule has 0 radical (unpaired) electrons. The van der Waals surface area contributed by atoms with Crippen molar-refractivity contribution in [2.24, 2.45) is 5.73 Å². The summed E-state index contributed by atoms with van der Waals surface area (Å²) < 4.78 is 0. The van der Waals surface area contributed by atoms with E-state index in [1.165, 1.54) is 6.33 Å². The van der Waals surface area contributed by atoms with Crippen molar-refractivity contribution in [1.29, 1.82) is 0 Å². The number of rotatable bonds is 4. The number of thiocarbonyl (C=S) groups is 1. The Hall–Kier alpha value is -1.50. The monoisotopic (exact) mass is 199 g/mol. The Morgan fingerprint density at radius 2 is 2.54 bits per heavy atom. The highest BCUT2D eigenvalue weighted by Gasteiger charge is 2.03. The molecule has 0 aliphatic rings. The number of aromatic nitrogens is 3. The van der Waals surface area contributed by atoms with Gasteiger partial charge in [0.25, 0.3) is 0 Å². The number of carbonyl (C=O) groups excluding carboxylic acids is 1. The van der Waals surface area contributed by atoms with Gasteiger partial charge in [-0.3, -0.25) is 9.89 Å². The lowest BCUT2D eigenvalue weighted by Crippen LogP contribution is -2.27. The fourth-order valence-electron chi connectivity index (χ4n) is 0.719. The zero-order valence-electron chi connectivity index (χ0n) is 6.78. The van der Waals surface area contributed by atoms with E-state index in [-0.39, 0.29) is 17.3 Å². The van der Waals surface area contributed by atoms with E-state index in [9.17, 15) is 4.79 Å². The van der Waals surface area contributed by atoms with E-state index in [2.05, 4.69) is 32.7 Å². The summed E-state index contributed by atoms with van der Waals surface area (Å²) in [4.78, 5) is 15.0. The van der Waals surface area contributed by atoms with E-state index in [0.29, 0.717) is 12.4 Å². The van der Waals surface area contributed by atoms with Gasteiger partial charge >= 0.3 is 0 Å². The van der Waals surface area contributed by atoms with Crippen LogP contribution in [0.3, 0.4) is 0 Å². The largest absolute Gasteiger partial charge is 0.393 e. The predicted molar refractivity (Wildman–Crippen MR) is 49.6 cm³/mol. The number of nitrogens with two attached hydrogens (primary N) is 1. The normalized spacial score (nSPS) is 9.54. The molecular formula is C6H9N5OS. The molecule has 0 spiro atoms. The molecule has 0 saturated carbocycles. The summed E-state index contributed by atoms with van der Waals surface area (Å²) in [5.74, 6) is 0.375. The maximum absolute atomic E-state index is 11.0. The average molecular weight is 199 g/mol. The van der Waals surface area contributed by atoms with Gasteiger partial charge in [-0.05, 0) is 0 Å². The van der Waals surface area contributed by atoms with Gasteiger partial charge < -0.3 is 11.1 Å². The van der Waals surface area contributed by atoms with Crippen molar-refractivity contribution in [2.45, 2.75) is 13.0 Å². The van der Waals surface area contributed by atoms with E-state index < -0.39 is 0 Å². The van der Waals surface area contributed by atoms with Crippen LogP contribution in [-0.4, -0.2) is 26.1 Å². The summed E-state index contributed by atoms with van der Waals surface area (Å²) in [6, 6.07) is 0. The first-order chi connectivity index (χ1) is 6.18. The SMILES string of the molecule is NC(=S)CC(=O)NCc1ncn[nH]1. The molecular weight excluding hydrogens is 190 g/mol. The molecule has 1 amide bonds. The van der Waals surface area contributed by atoms with Crippen LogP contribution in [0.4, 0.5) is 0 Å². The minimum atomic E-state index is -0.219. The molecule has 70 valence electrons. The molecule has 0 saturated heterocycles. The van der Waals surface area contributed by atoms with Crippen LogP contribution >= 0.6 is 12.2 Å². The molecule has 6 nitrogen and oxygen atoms in total. The van der Waals surface area contributed by atoms with Crippen LogP contribution in [0.25, 0.3) is 0 Å². The molecule has 1 rings (SSSR count). The zero-order chi connectivity index (χ0) is 9.68. The number of amides is 1. The molecule has 0 aromatic carbocycles. The fraction of sp³-hybridized carbons (Fsp3) is 0.333. The summed E-state index contributed by atoms with van der Waals surface area (Å²) in [7, 11) is 0. The molecule has 0 bridgehead atoms. The van der Waals surface area contributed by atoms with E-state index in [4.69, 9.17) is 5.73 Å². The summed E-state index contributed by atoms with van der Waals surface area (Å²) in [6.07, 6.45) is 1.43. The van der Waals surface area contributed by atoms with Gasteiger partial charge in [-0.1, -0.05) is 12.2 Å². The second-order valence-electron chi connectivity index (χ2n) is 2.35. The molecule has 0 aliphatic heterocycles. The Labute approximate surface area is 79.9 Å². The molecule has 4 N–H and O–H groups in total. The maximum atomic E-state index is 11.0. The minimum Gasteiger partial charge on any atom is -0.393 e. The molecule has 0 unspecified atom stereocenters. The molecule has 0 aliphatic carbocycles. The Morgan fingerprint density at radius 1 is 1.77 bits per heavy atom. The smallest absolute Gasteiger partial charge is 0.227 e. The molecule has 0 fully saturated rings. The molecule has 13 heavy (non-hydrogen) atoms. The van der Waals surface area contributed by atoms with Crippen molar-refractivity contribution >= 4 is 23.1 Å². The Bertz CT molecular complexity index is 296. The van der Waals surface area contributed by atoms with Crippen LogP contribution in [0, 0.1) is 0 Å². The maximum Gasteiger partial charge on any atom is 0.227 e. The second-order valence-corrected chi connectivity index (χ2v) is 2.88. The van der Waals surface area contributed by atoms with E-state index in [1.54, 1.807) is 0 Å². The number of nitrogens with one attached hydrogen (secondary N) is 2. The van der Waals surface area contributed by atoms with E-state index in [0.717, 1.165) is 0 Å². The quantitative estimate of drug-likeness (QED) is 0.546. The zero-order valence-corrected chi connectivity index (χ0v) is 7.60. The highest BCUT2D eigenvalue weighted by molar-refractivity contribution is 7.80. The highest BCUT2D eigenvalue weighted by atomic mass is 32.1. The van der Waals surface area contributed by atoms with Crippen molar-refractivity contribution in [3.63, 3.8) is 0 Å². The topological polar surface area (TPSA) is 96.7 Å². The van der Waals surface area contributed by atoms with E-state index >= 15 is 0 Å². The Kier molecular flexibility index (Phi) is 3.32. The van der Waals surface area contributed by atoms with Crippen LogP contribution in [0.5, 0.6) is 0 Å². The van der Waals surface area contributed by atoms with Crippen LogP contribution in [0.1, 0.15) is 12.2 Å². The first kappa shape index (κ1) is 9.59. The van der Waals surface area contributed by atoms with Crippen molar-refractivity contribution in [3.8, 4) is 0 Å². The van der Waals surface area contributed by atoms with Gasteiger partial charge in [0, 0.05) is 0 Å². The fourth-order valence-corrected chi connectivity index (χ4v) is 0.850. The lowest BCUT2D eigenvalue weighted by Gasteiger charge is -2.00. The number of carbonyl (C=O) groups is 1. The summed E-state index contributed by atoms with van der Waals surface area (Å²) in [5.41, 5.74) is 5.18. The molecule has 1 aromatic heterocycles. The second kappa shape index (κ2) is 4.51. The van der Waals surface area contributed by atoms with Crippen molar-refractivity contribution in [2.75, 3.05) is 0 Å². The molecule has 1 heterocycles. The van der Waals surface area contributed by atoms with Crippen LogP contribution in [-0.2, 0) is 11.3 Å². The van der Waals surface area contributed by atoms with Crippen LogP contribution in [0.15, 0.2) is 6.33 Å². The third kappa shape index (κ3) is 3.61. The number of aromatic amines is 1. The van der Waals surface area contributed by atoms with Gasteiger partial charge in [0.15, 0.2) is 0 Å². The summed E-state index contributed by atoms with van der Waals surface area (Å²) >= 11 is 4.57. The minimum absolute atomic E-state index is 0.0590. The van der Waals surface area contributed by atoms with Gasteiger partial charge in [-0.2, -0.15) is 5.10 Å². The third-order valence-corrected chi connectivity index (χ3v) is 1.40. The standard InChI is InChI=1S/C6H9N5OS/c7-4(13)1-6(12)8-2-5-9-3-10-11-5/h3H,1-2H2,(H2,7,13)(H,8,12)(H,9,10,11). The van der Waals surface area contributed by atoms with Gasteiger partial charge in [0.1, 0.15) is 12.2 Å². The van der Waals surface area contributed by atoms with Crippen LogP contribution in [0.2, 0.25) is 0 Å². The number of H-pyrrole nitrogens is 1. The van der Waals surface area contributed by atoms with Gasteiger partial charge in [0.05, 0.1) is 18.0 Å². The first-order valence-electron chi connectivity index (χ1n) is 3.57. The van der Waals surface area contributed by atoms with E-state index in [1.807, 2.05) is 0 Å². The third-order valence-electron chi connectivity index (χ3n) is 1.25. The molecule has 0 atom stereocenters. The average Bonchev–Trinajstić information content (AvgIpc) is 2.51. The summed E-state index contributed by atoms with van der Waals surface area (Å²) in [5, 5.41) is 8.81. The van der Waals surface area contributed by atoms with Crippen molar-refractivity contribution < 1.29 is 4.79 Å². The lowest BCUT2D eigenvalue weighted by molar-refractivity contribution is -0.120. The van der Waals surface area contributed by atoms with Gasteiger partial charge in [-0.15, -0.1) is 0 Å². The Morgan fingerprint density at radius 3 is 3.08 bits per heavy atom. The number of hydrogen-bond acceptors (Lipinski definition) is 4. The lowest BCUT2D eigenvalue weighted by atomic mass is 10.4. The number of hydrogen-bond donors (Lipinski definition) is 3. The first-order valence-corrected chi connectivity index (χ1v) is 3.98. The predicted octanol–water partition coefficient (Wildman–Crippen LogP) is -0.903. The number of nitrogens with zero attached hydrogens (tertiary/aromatic N) is 2. The van der Waals surface area contributed by atoms with Crippen molar-refractivity contribution in [3.05, 3.63) is 12.2 Å². The Balaban J connectivity index is 2.27. The summed E-state index contributed by atoms with van der Waals surface area (Å²) in [6.45, 7) is 0.307. The highest BCUT2D eigenvalue weighted by Crippen LogP contribution is 1.86.